The zero-order valence-electron chi connectivity index (χ0n) is 23.2. The molecule has 1 fully saturated rings. The van der Waals surface area contributed by atoms with Crippen LogP contribution in [0.1, 0.15) is 28.1 Å². The molecule has 10 nitrogen and oxygen atoms in total. The van der Waals surface area contributed by atoms with E-state index in [0.29, 0.717) is 54.7 Å². The lowest BCUT2D eigenvalue weighted by molar-refractivity contribution is 0.0935. The van der Waals surface area contributed by atoms with Crippen LogP contribution in [-0.4, -0.2) is 69.8 Å². The molecule has 0 spiro atoms. The Morgan fingerprint density at radius 2 is 1.90 bits per heavy atom. The van der Waals surface area contributed by atoms with Crippen molar-refractivity contribution in [1.29, 1.82) is 0 Å². The largest absolute Gasteiger partial charge is 0.509 e. The third-order valence-corrected chi connectivity index (χ3v) is 8.91. The molecule has 4 aromatic rings. The molecule has 41 heavy (non-hydrogen) atoms. The van der Waals surface area contributed by atoms with E-state index in [2.05, 4.69) is 20.9 Å². The van der Waals surface area contributed by atoms with Gasteiger partial charge in [-0.1, -0.05) is 0 Å². The first-order chi connectivity index (χ1) is 19.7. The highest BCUT2D eigenvalue weighted by Gasteiger charge is 2.34. The summed E-state index contributed by atoms with van der Waals surface area (Å²) in [7, 11) is 5.11. The Hall–Kier alpha value is -4.16. The van der Waals surface area contributed by atoms with Crippen LogP contribution in [0.25, 0.3) is 10.2 Å². The van der Waals surface area contributed by atoms with Crippen LogP contribution in [0.3, 0.4) is 0 Å². The number of rotatable bonds is 5. The van der Waals surface area contributed by atoms with E-state index in [1.165, 1.54) is 11.3 Å². The van der Waals surface area contributed by atoms with Crippen molar-refractivity contribution >= 4 is 90.5 Å². The molecule has 0 radical (unpaired) electrons. The Morgan fingerprint density at radius 3 is 2.59 bits per heavy atom. The van der Waals surface area contributed by atoms with Gasteiger partial charge in [0.05, 0.1) is 22.4 Å². The number of carbonyl (C=O) groups excluding carboxylic acids is 2. The lowest BCUT2D eigenvalue weighted by atomic mass is 9.77. The number of aromatic nitrogens is 1. The monoisotopic (exact) mass is 567 g/mol. The average molecular weight is 567 g/mol. The van der Waals surface area contributed by atoms with Crippen molar-refractivity contribution in [3.8, 4) is 23.0 Å². The van der Waals surface area contributed by atoms with Gasteiger partial charge in [0.15, 0.2) is 0 Å². The summed E-state index contributed by atoms with van der Waals surface area (Å²) in [6, 6.07) is 6.76. The van der Waals surface area contributed by atoms with Crippen LogP contribution in [0.15, 0.2) is 30.5 Å². The number of ether oxygens (including phenoxy) is 1. The van der Waals surface area contributed by atoms with Gasteiger partial charge in [0.25, 0.3) is 5.91 Å². The first kappa shape index (κ1) is 27.0. The second kappa shape index (κ2) is 10.4. The molecule has 1 saturated heterocycles. The lowest BCUT2D eigenvalue weighted by Crippen LogP contribution is -2.45. The number of hydrogen-bond donors (Lipinski definition) is 5. The number of urea groups is 1. The fourth-order valence-electron chi connectivity index (χ4n) is 5.59. The lowest BCUT2D eigenvalue weighted by Gasteiger charge is -2.30. The standard InChI is InChI=1S/C27H28B3N5O5S/c1-11-9-13(40-23-18(29)21(36)17(28)22(37)19(23)30)4-5-14(11)35-15-6-8-32-26-16(15)20(34-27(35)39)24(41-26)25(38)33-12-3-2-7-31-10-12/h4-6,8-9,12,31,36-37H,2-3,7,10,28-30H2,1H3,(H,33,38)(H,34,39)/t12-/m1/s1. The highest BCUT2D eigenvalue weighted by molar-refractivity contribution is 7.21. The molecule has 14 heteroatoms. The average Bonchev–Trinajstić information content (AvgIpc) is 3.34. The maximum atomic E-state index is 13.6. The van der Waals surface area contributed by atoms with Crippen LogP contribution in [0, 0.1) is 6.92 Å². The van der Waals surface area contributed by atoms with Gasteiger partial charge in [0, 0.05) is 18.8 Å². The number of thiophene rings is 1. The number of benzene rings is 2. The van der Waals surface area contributed by atoms with Gasteiger partial charge in [-0.2, -0.15) is 0 Å². The SMILES string of the molecule is Bc1c(O)c(B)c(Oc2ccc(N3C(=O)Nc4c(C(=O)N[C@@H]5CCCNC5)sc5nccc3c45)c(C)c2)c(B)c1O. The molecule has 6 rings (SSSR count). The van der Waals surface area contributed by atoms with E-state index in [1.807, 2.05) is 6.92 Å². The van der Waals surface area contributed by atoms with Crippen molar-refractivity contribution in [1.82, 2.24) is 15.6 Å². The van der Waals surface area contributed by atoms with Gasteiger partial charge < -0.3 is 30.9 Å². The molecule has 2 aliphatic heterocycles. The van der Waals surface area contributed by atoms with Crippen molar-refractivity contribution in [3.63, 3.8) is 0 Å². The normalized spacial score (nSPS) is 16.5. The molecular weight excluding hydrogens is 539 g/mol. The minimum Gasteiger partial charge on any atom is -0.509 e. The van der Waals surface area contributed by atoms with E-state index in [4.69, 9.17) is 4.74 Å². The smallest absolute Gasteiger partial charge is 0.331 e. The fraction of sp³-hybridized carbons (Fsp3) is 0.222. The van der Waals surface area contributed by atoms with Crippen molar-refractivity contribution in [3.05, 3.63) is 40.9 Å². The summed E-state index contributed by atoms with van der Waals surface area (Å²) in [5.74, 6) is 0.621. The number of aromatic hydroxyl groups is 2. The molecule has 0 aliphatic carbocycles. The second-order valence-corrected chi connectivity index (χ2v) is 11.5. The molecule has 1 atom stereocenters. The zero-order valence-corrected chi connectivity index (χ0v) is 24.0. The molecule has 3 amide bonds. The van der Waals surface area contributed by atoms with Crippen LogP contribution >= 0.6 is 11.3 Å². The van der Waals surface area contributed by atoms with Gasteiger partial charge in [-0.25, -0.2) is 9.78 Å². The minimum absolute atomic E-state index is 0.0156. The van der Waals surface area contributed by atoms with Gasteiger partial charge >= 0.3 is 6.03 Å². The summed E-state index contributed by atoms with van der Waals surface area (Å²) in [4.78, 5) is 34.0. The summed E-state index contributed by atoms with van der Waals surface area (Å²) >= 11 is 1.27. The predicted molar refractivity (Wildman–Crippen MR) is 170 cm³/mol. The number of nitrogens with zero attached hydrogens (tertiary/aromatic N) is 2. The minimum atomic E-state index is -0.381. The summed E-state index contributed by atoms with van der Waals surface area (Å²) in [5.41, 5.74) is 3.98. The van der Waals surface area contributed by atoms with E-state index in [1.54, 1.807) is 58.9 Å². The van der Waals surface area contributed by atoms with Crippen LogP contribution in [0.5, 0.6) is 23.0 Å². The Labute approximate surface area is 243 Å². The van der Waals surface area contributed by atoms with Crippen LogP contribution in [0.2, 0.25) is 0 Å². The predicted octanol–water partition coefficient (Wildman–Crippen LogP) is -0.251. The molecule has 0 bridgehead atoms. The number of anilines is 3. The van der Waals surface area contributed by atoms with Gasteiger partial charge in [0.1, 0.15) is 56.2 Å². The second-order valence-electron chi connectivity index (χ2n) is 10.6. The Morgan fingerprint density at radius 1 is 1.15 bits per heavy atom. The van der Waals surface area contributed by atoms with Crippen molar-refractivity contribution in [2.24, 2.45) is 0 Å². The quantitative estimate of drug-likeness (QED) is 0.210. The molecule has 0 saturated carbocycles. The van der Waals surface area contributed by atoms with E-state index < -0.39 is 0 Å². The summed E-state index contributed by atoms with van der Waals surface area (Å²) in [6.07, 6.45) is 3.55. The maximum absolute atomic E-state index is 13.6. The number of aryl methyl sites for hydroxylation is 1. The van der Waals surface area contributed by atoms with E-state index >= 15 is 0 Å². The number of nitrogens with one attached hydrogen (secondary N) is 3. The van der Waals surface area contributed by atoms with Crippen LogP contribution in [-0.2, 0) is 0 Å². The molecular formula is C27H28B3N5O5S. The van der Waals surface area contributed by atoms with E-state index in [-0.39, 0.29) is 29.5 Å². The number of hydrogen-bond acceptors (Lipinski definition) is 8. The van der Waals surface area contributed by atoms with Gasteiger partial charge in [0.2, 0.25) is 0 Å². The van der Waals surface area contributed by atoms with E-state index in [0.717, 1.165) is 36.9 Å². The molecule has 2 aliphatic rings. The maximum Gasteiger partial charge on any atom is 0.331 e. The first-order valence-electron chi connectivity index (χ1n) is 13.5. The zero-order chi connectivity index (χ0) is 29.0. The van der Waals surface area contributed by atoms with Gasteiger partial charge in [-0.15, -0.1) is 11.3 Å². The number of carbonyl (C=O) groups is 2. The Kier molecular flexibility index (Phi) is 6.83. The first-order valence-corrected chi connectivity index (χ1v) is 14.3. The van der Waals surface area contributed by atoms with E-state index in [9.17, 15) is 19.8 Å². The molecule has 2 aromatic heterocycles. The number of pyridine rings is 1. The highest BCUT2D eigenvalue weighted by Crippen LogP contribution is 2.46. The molecule has 206 valence electrons. The Balaban J connectivity index is 1.34. The molecule has 5 N–H and O–H groups in total. The van der Waals surface area contributed by atoms with Crippen molar-refractivity contribution < 1.29 is 24.5 Å². The number of amides is 3. The highest BCUT2D eigenvalue weighted by atomic mass is 32.1. The number of piperidine rings is 1. The molecule has 0 unspecified atom stereocenters. The summed E-state index contributed by atoms with van der Waals surface area (Å²) in [6.45, 7) is 3.54. The number of phenols is 2. The van der Waals surface area contributed by atoms with Gasteiger partial charge in [-0.05, 0) is 72.5 Å². The molecule has 2 aromatic carbocycles. The van der Waals surface area contributed by atoms with Crippen LogP contribution < -0.4 is 42.0 Å². The fourth-order valence-corrected chi connectivity index (χ4v) is 6.62. The Bertz CT molecular complexity index is 1710. The third-order valence-electron chi connectivity index (χ3n) is 7.82. The third kappa shape index (κ3) is 4.56. The van der Waals surface area contributed by atoms with Crippen molar-refractivity contribution in [2.45, 2.75) is 25.8 Å². The summed E-state index contributed by atoms with van der Waals surface area (Å²) in [5, 5.41) is 30.9. The molecule has 4 heterocycles. The van der Waals surface area contributed by atoms with Gasteiger partial charge in [-0.3, -0.25) is 9.69 Å². The number of phenolic OH excluding ortho intramolecular Hbond substituents is 2. The topological polar surface area (TPSA) is 136 Å². The summed E-state index contributed by atoms with van der Waals surface area (Å²) < 4.78 is 6.12. The van der Waals surface area contributed by atoms with Crippen molar-refractivity contribution in [2.75, 3.05) is 23.3 Å². The van der Waals surface area contributed by atoms with Crippen LogP contribution in [0.4, 0.5) is 21.9 Å².